The molecule has 0 fully saturated rings. The second kappa shape index (κ2) is 7.13. The van der Waals surface area contributed by atoms with E-state index in [1.165, 1.54) is 24.3 Å². The maximum absolute atomic E-state index is 13.1. The van der Waals surface area contributed by atoms with E-state index in [2.05, 4.69) is 4.74 Å². The zero-order valence-electron chi connectivity index (χ0n) is 12.0. The molecule has 2 aromatic rings. The number of phenolic OH excluding ortho intramolecular Hbond substituents is 2. The quantitative estimate of drug-likeness (QED) is 0.259. The molecule has 2 rings (SSSR count). The molecule has 0 aliphatic rings. The van der Waals surface area contributed by atoms with E-state index >= 15 is 0 Å². The second-order valence-electron chi connectivity index (χ2n) is 4.59. The van der Waals surface area contributed by atoms with E-state index in [-0.39, 0.29) is 5.75 Å². The molecule has 0 heterocycles. The first-order valence-electron chi connectivity index (χ1n) is 6.36. The van der Waals surface area contributed by atoms with E-state index in [0.717, 1.165) is 9.68 Å². The van der Waals surface area contributed by atoms with E-state index in [1.54, 1.807) is 12.1 Å². The molecule has 0 unspecified atom stereocenters. The van der Waals surface area contributed by atoms with Gasteiger partial charge in [0.25, 0.3) is 0 Å². The number of halogens is 2. The van der Waals surface area contributed by atoms with Crippen molar-refractivity contribution in [1.29, 1.82) is 0 Å². The molecule has 0 radical (unpaired) electrons. The van der Waals surface area contributed by atoms with Crippen molar-refractivity contribution in [2.75, 3.05) is 0 Å². The molecule has 0 bridgehead atoms. The Labute approximate surface area is 150 Å². The molecule has 25 heavy (non-hydrogen) atoms. The van der Waals surface area contributed by atoms with E-state index in [0.29, 0.717) is 3.61 Å². The van der Waals surface area contributed by atoms with Crippen LogP contribution in [0.3, 0.4) is 0 Å². The minimum atomic E-state index is -6.24. The molecule has 0 saturated heterocycles. The number of aromatic hydroxyl groups is 2. The van der Waals surface area contributed by atoms with Gasteiger partial charge in [0.05, 0.1) is 0 Å². The number of carbonyl (C=O) groups is 1. The SMILES string of the molecule is O=C(Oc1ccc([Te]c2ccc(O)cc2)cc1O)C(F)(F)S(=O)(=O)[O-]. The average molecular weight is 487 g/mol. The molecule has 0 aliphatic heterocycles. The third-order valence-corrected chi connectivity index (χ3v) is 6.40. The number of esters is 1. The van der Waals surface area contributed by atoms with Crippen molar-refractivity contribution in [1.82, 2.24) is 0 Å². The maximum atomic E-state index is 13.1. The summed E-state index contributed by atoms with van der Waals surface area (Å²) < 4.78 is 62.9. The molecule has 0 atom stereocenters. The van der Waals surface area contributed by atoms with Gasteiger partial charge in [-0.2, -0.15) is 0 Å². The summed E-state index contributed by atoms with van der Waals surface area (Å²) in [5.41, 5.74) is 0. The normalized spacial score (nSPS) is 12.0. The van der Waals surface area contributed by atoms with Gasteiger partial charge in [0.1, 0.15) is 0 Å². The number of hydrogen-bond donors (Lipinski definition) is 2. The molecular formula is C14H9F2O7STe-. The van der Waals surface area contributed by atoms with Gasteiger partial charge in [-0.3, -0.25) is 0 Å². The van der Waals surface area contributed by atoms with Gasteiger partial charge >= 0.3 is 151 Å². The van der Waals surface area contributed by atoms with Crippen LogP contribution in [0.15, 0.2) is 42.5 Å². The van der Waals surface area contributed by atoms with Crippen LogP contribution in [0.2, 0.25) is 0 Å². The fourth-order valence-corrected chi connectivity index (χ4v) is 4.23. The van der Waals surface area contributed by atoms with Gasteiger partial charge < -0.3 is 0 Å². The summed E-state index contributed by atoms with van der Waals surface area (Å²) in [5.74, 6) is -3.86. The molecule has 11 heteroatoms. The number of carbonyl (C=O) groups excluding carboxylic acids is 1. The van der Waals surface area contributed by atoms with Gasteiger partial charge in [0.2, 0.25) is 0 Å². The van der Waals surface area contributed by atoms with Crippen LogP contribution in [-0.4, -0.2) is 55.3 Å². The predicted molar refractivity (Wildman–Crippen MR) is 81.5 cm³/mol. The number of benzene rings is 2. The van der Waals surface area contributed by atoms with Crippen LogP contribution in [-0.2, 0) is 14.9 Å². The van der Waals surface area contributed by atoms with Gasteiger partial charge in [0, 0.05) is 0 Å². The molecule has 0 spiro atoms. The second-order valence-corrected chi connectivity index (χ2v) is 9.28. The third-order valence-electron chi connectivity index (χ3n) is 2.76. The zero-order valence-corrected chi connectivity index (χ0v) is 15.2. The molecular weight excluding hydrogens is 478 g/mol. The van der Waals surface area contributed by atoms with Gasteiger partial charge in [-0.25, -0.2) is 0 Å². The molecule has 0 aliphatic carbocycles. The topological polar surface area (TPSA) is 124 Å². The summed E-state index contributed by atoms with van der Waals surface area (Å²) in [6.07, 6.45) is 0. The van der Waals surface area contributed by atoms with Crippen molar-refractivity contribution in [3.05, 3.63) is 42.5 Å². The molecule has 0 saturated carbocycles. The molecule has 2 N–H and O–H groups in total. The standard InChI is InChI=1S/C14H10F2O7STe/c15-14(16,24(20,21)22)13(19)23-12-6-5-10(7-11(12)18)25-9-3-1-8(17)2-4-9/h1-7,17-18H,(H,20,21,22)/p-1. The first-order valence-corrected chi connectivity index (χ1v) is 10.1. The van der Waals surface area contributed by atoms with Crippen molar-refractivity contribution in [2.24, 2.45) is 0 Å². The van der Waals surface area contributed by atoms with E-state index in [1.807, 2.05) is 0 Å². The molecule has 134 valence electrons. The summed E-state index contributed by atoms with van der Waals surface area (Å²) in [5, 5.41) is 13.7. The summed E-state index contributed by atoms with van der Waals surface area (Å²) in [7, 11) is -6.24. The van der Waals surface area contributed by atoms with Crippen molar-refractivity contribution >= 4 is 44.2 Å². The van der Waals surface area contributed by atoms with Crippen LogP contribution in [0.4, 0.5) is 8.78 Å². The first kappa shape index (κ1) is 19.4. The Balaban J connectivity index is 2.17. The number of ether oxygens (including phenoxy) is 1. The van der Waals surface area contributed by atoms with Crippen LogP contribution in [0.25, 0.3) is 0 Å². The van der Waals surface area contributed by atoms with Crippen molar-refractivity contribution in [3.8, 4) is 17.2 Å². The van der Waals surface area contributed by atoms with E-state index < -0.39 is 53.8 Å². The number of alkyl halides is 2. The Morgan fingerprint density at radius 3 is 2.16 bits per heavy atom. The van der Waals surface area contributed by atoms with Gasteiger partial charge in [-0.1, -0.05) is 0 Å². The Morgan fingerprint density at radius 1 is 1.08 bits per heavy atom. The van der Waals surface area contributed by atoms with E-state index in [9.17, 15) is 36.8 Å². The Hall–Kier alpha value is -1.93. The van der Waals surface area contributed by atoms with Gasteiger partial charge in [-0.05, 0) is 0 Å². The van der Waals surface area contributed by atoms with Crippen LogP contribution < -0.4 is 12.0 Å². The fraction of sp³-hybridized carbons (Fsp3) is 0.0714. The van der Waals surface area contributed by atoms with Gasteiger partial charge in [-0.15, -0.1) is 0 Å². The van der Waals surface area contributed by atoms with Crippen molar-refractivity contribution in [3.63, 3.8) is 0 Å². The number of hydrogen-bond acceptors (Lipinski definition) is 7. The number of rotatable bonds is 5. The third kappa shape index (κ3) is 4.58. The van der Waals surface area contributed by atoms with Crippen LogP contribution >= 0.6 is 0 Å². The Kier molecular flexibility index (Phi) is 5.53. The van der Waals surface area contributed by atoms with Crippen LogP contribution in [0.1, 0.15) is 0 Å². The molecule has 0 amide bonds. The van der Waals surface area contributed by atoms with Crippen LogP contribution in [0.5, 0.6) is 17.2 Å². The average Bonchev–Trinajstić information content (AvgIpc) is 2.51. The van der Waals surface area contributed by atoms with Crippen molar-refractivity contribution < 1.29 is 41.5 Å². The molecule has 2 aromatic carbocycles. The fourth-order valence-electron chi connectivity index (χ4n) is 1.56. The summed E-state index contributed by atoms with van der Waals surface area (Å²) in [6.45, 7) is 0. The number of phenols is 2. The van der Waals surface area contributed by atoms with Crippen molar-refractivity contribution in [2.45, 2.75) is 5.25 Å². The molecule has 7 nitrogen and oxygen atoms in total. The summed E-state index contributed by atoms with van der Waals surface area (Å²) >= 11 is -0.981. The molecule has 0 aromatic heterocycles. The van der Waals surface area contributed by atoms with Crippen LogP contribution in [0, 0.1) is 0 Å². The minimum absolute atomic E-state index is 0.0931. The summed E-state index contributed by atoms with van der Waals surface area (Å²) in [6, 6.07) is 9.94. The monoisotopic (exact) mass is 489 g/mol. The zero-order chi connectivity index (χ0) is 18.8. The first-order chi connectivity index (χ1) is 11.5. The Morgan fingerprint density at radius 2 is 1.64 bits per heavy atom. The Bertz CT molecular complexity index is 898. The predicted octanol–water partition coefficient (Wildman–Crippen LogP) is -0.204. The van der Waals surface area contributed by atoms with Gasteiger partial charge in [0.15, 0.2) is 0 Å². The van der Waals surface area contributed by atoms with E-state index in [4.69, 9.17) is 0 Å². The summed E-state index contributed by atoms with van der Waals surface area (Å²) in [4.78, 5) is 11.2.